The van der Waals surface area contributed by atoms with Crippen LogP contribution in [0.2, 0.25) is 0 Å². The second-order valence-corrected chi connectivity index (χ2v) is 11.1. The number of benzene rings is 1. The second-order valence-electron chi connectivity index (χ2n) is 10.8. The van der Waals surface area contributed by atoms with Gasteiger partial charge in [0.05, 0.1) is 20.8 Å². The predicted molar refractivity (Wildman–Crippen MR) is 163 cm³/mol. The Labute approximate surface area is 258 Å². The lowest BCUT2D eigenvalue weighted by atomic mass is 10.0. The lowest BCUT2D eigenvalue weighted by Gasteiger charge is -2.25. The van der Waals surface area contributed by atoms with E-state index < -0.39 is 54.3 Å². The van der Waals surface area contributed by atoms with Gasteiger partial charge in [0.15, 0.2) is 0 Å². The van der Waals surface area contributed by atoms with Crippen LogP contribution in [0.25, 0.3) is 0 Å². The van der Waals surface area contributed by atoms with E-state index in [1.54, 1.807) is 26.4 Å². The van der Waals surface area contributed by atoms with Crippen LogP contribution in [0.5, 0.6) is 11.5 Å². The zero-order valence-electron chi connectivity index (χ0n) is 25.7. The number of carbonyl (C=O) groups is 5. The number of thiol groups is 1. The third-order valence-electron chi connectivity index (χ3n) is 6.14. The van der Waals surface area contributed by atoms with Gasteiger partial charge in [-0.1, -0.05) is 27.7 Å². The number of amides is 4. The molecule has 1 aromatic rings. The summed E-state index contributed by atoms with van der Waals surface area (Å²) >= 11 is 4.22. The highest BCUT2D eigenvalue weighted by molar-refractivity contribution is 7.80. The van der Waals surface area contributed by atoms with Crippen LogP contribution in [-0.2, 0) is 30.3 Å². The van der Waals surface area contributed by atoms with Gasteiger partial charge in [-0.25, -0.2) is 4.79 Å². The molecule has 13 nitrogen and oxygen atoms in total. The number of methoxy groups -OCH3 is 2. The molecule has 0 bridgehead atoms. The van der Waals surface area contributed by atoms with Crippen LogP contribution in [0.1, 0.15) is 52.5 Å². The van der Waals surface area contributed by atoms with Crippen molar-refractivity contribution in [2.75, 3.05) is 33.1 Å². The molecule has 0 fully saturated rings. The minimum Gasteiger partial charge on any atom is -0.497 e. The Bertz CT molecular complexity index is 1080. The van der Waals surface area contributed by atoms with E-state index in [4.69, 9.17) is 19.3 Å². The minimum atomic E-state index is -1.25. The molecular weight excluding hydrogens is 580 g/mol. The lowest BCUT2D eigenvalue weighted by Crippen LogP contribution is -2.57. The largest absolute Gasteiger partial charge is 0.497 e. The highest BCUT2D eigenvalue weighted by Crippen LogP contribution is 2.24. The van der Waals surface area contributed by atoms with Gasteiger partial charge in [0.2, 0.25) is 17.7 Å². The van der Waals surface area contributed by atoms with Gasteiger partial charge in [0.25, 0.3) is 0 Å². The maximum atomic E-state index is 13.2. The van der Waals surface area contributed by atoms with Gasteiger partial charge in [-0.05, 0) is 54.9 Å². The molecule has 0 saturated heterocycles. The SMILES string of the molecule is COc1ccc(OC)c(CCNC(=O)[C@H](CS)NC(=O)[C@H](CC(C)C)NC(=O)[C@H](CCC(=O)O)NC(=O)OCC(C)C)c1. The Balaban J connectivity index is 2.90. The van der Waals surface area contributed by atoms with Crippen molar-refractivity contribution in [3.8, 4) is 11.5 Å². The van der Waals surface area contributed by atoms with E-state index in [2.05, 4.69) is 33.9 Å². The van der Waals surface area contributed by atoms with E-state index in [1.165, 1.54) is 0 Å². The maximum Gasteiger partial charge on any atom is 0.407 e. The monoisotopic (exact) mass is 626 g/mol. The number of hydrogen-bond acceptors (Lipinski definition) is 9. The van der Waals surface area contributed by atoms with Gasteiger partial charge in [-0.3, -0.25) is 19.2 Å². The Kier molecular flexibility index (Phi) is 16.9. The summed E-state index contributed by atoms with van der Waals surface area (Å²) in [5, 5.41) is 19.5. The van der Waals surface area contributed by atoms with Crippen LogP contribution in [0.15, 0.2) is 18.2 Å². The molecule has 242 valence electrons. The summed E-state index contributed by atoms with van der Waals surface area (Å²) in [6.07, 6.45) is -0.823. The molecule has 4 amide bonds. The molecule has 14 heteroatoms. The summed E-state index contributed by atoms with van der Waals surface area (Å²) in [4.78, 5) is 62.6. The molecule has 0 aromatic heterocycles. The van der Waals surface area contributed by atoms with Crippen molar-refractivity contribution >= 4 is 42.4 Å². The van der Waals surface area contributed by atoms with Gasteiger partial charge in [0, 0.05) is 18.7 Å². The molecule has 0 radical (unpaired) electrons. The van der Waals surface area contributed by atoms with E-state index in [-0.39, 0.29) is 43.6 Å². The summed E-state index contributed by atoms with van der Waals surface area (Å²) in [7, 11) is 3.10. The molecule has 0 spiro atoms. The fourth-order valence-electron chi connectivity index (χ4n) is 3.93. The normalized spacial score (nSPS) is 13.0. The van der Waals surface area contributed by atoms with Gasteiger partial charge >= 0.3 is 12.1 Å². The van der Waals surface area contributed by atoms with Crippen LogP contribution in [0.3, 0.4) is 0 Å². The molecule has 43 heavy (non-hydrogen) atoms. The molecule has 3 atom stereocenters. The van der Waals surface area contributed by atoms with Gasteiger partial charge in [-0.15, -0.1) is 0 Å². The Morgan fingerprint density at radius 3 is 2.07 bits per heavy atom. The molecule has 0 unspecified atom stereocenters. The van der Waals surface area contributed by atoms with E-state index >= 15 is 0 Å². The Morgan fingerprint density at radius 1 is 0.860 bits per heavy atom. The molecule has 0 aliphatic heterocycles. The van der Waals surface area contributed by atoms with Crippen molar-refractivity contribution in [2.45, 2.75) is 71.5 Å². The van der Waals surface area contributed by atoms with Gasteiger partial charge in [0.1, 0.15) is 29.6 Å². The van der Waals surface area contributed by atoms with E-state index in [9.17, 15) is 24.0 Å². The number of rotatable bonds is 19. The minimum absolute atomic E-state index is 0.00706. The van der Waals surface area contributed by atoms with Gasteiger partial charge in [-0.2, -0.15) is 12.6 Å². The topological polar surface area (TPSA) is 181 Å². The Morgan fingerprint density at radius 2 is 1.51 bits per heavy atom. The highest BCUT2D eigenvalue weighted by atomic mass is 32.1. The maximum absolute atomic E-state index is 13.2. The quantitative estimate of drug-likeness (QED) is 0.125. The van der Waals surface area contributed by atoms with Crippen molar-refractivity contribution in [3.05, 3.63) is 23.8 Å². The summed E-state index contributed by atoms with van der Waals surface area (Å²) in [5.41, 5.74) is 0.826. The number of nitrogens with one attached hydrogen (secondary N) is 4. The fourth-order valence-corrected chi connectivity index (χ4v) is 4.18. The van der Waals surface area contributed by atoms with Crippen LogP contribution in [-0.4, -0.2) is 86.1 Å². The molecular formula is C29H46N4O9S. The molecule has 5 N–H and O–H groups in total. The number of hydrogen-bond donors (Lipinski definition) is 6. The summed E-state index contributed by atoms with van der Waals surface area (Å²) in [5.74, 6) is -1.68. The summed E-state index contributed by atoms with van der Waals surface area (Å²) in [6, 6.07) is 2.03. The summed E-state index contributed by atoms with van der Waals surface area (Å²) in [6.45, 7) is 7.74. The number of carboxylic acid groups (broad SMARTS) is 1. The standard InChI is InChI=1S/C29H46N4O9S/c1-17(2)13-22(31-27(37)21(8-10-25(34)35)33-29(39)42-15-18(3)4)28(38)32-23(16-43)26(36)30-12-11-19-14-20(40-5)7-9-24(19)41-6/h7,9,14,17-18,21-23,43H,8,10-13,15-16H2,1-6H3,(H,30,36)(H,31,37)(H,32,38)(H,33,39)(H,34,35)/t21-,22-,23-/m0/s1. The summed E-state index contributed by atoms with van der Waals surface area (Å²) < 4.78 is 15.7. The lowest BCUT2D eigenvalue weighted by molar-refractivity contribution is -0.137. The van der Waals surface area contributed by atoms with Crippen LogP contribution >= 0.6 is 12.6 Å². The van der Waals surface area contributed by atoms with Crippen molar-refractivity contribution in [1.82, 2.24) is 21.3 Å². The Hall–Kier alpha value is -3.68. The number of aliphatic carboxylic acids is 1. The highest BCUT2D eigenvalue weighted by Gasteiger charge is 2.30. The van der Waals surface area contributed by atoms with Crippen molar-refractivity contribution in [1.29, 1.82) is 0 Å². The second kappa shape index (κ2) is 19.5. The molecule has 0 saturated carbocycles. The third kappa shape index (κ3) is 14.4. The average Bonchev–Trinajstić information content (AvgIpc) is 2.95. The van der Waals surface area contributed by atoms with E-state index in [0.29, 0.717) is 17.9 Å². The van der Waals surface area contributed by atoms with Crippen LogP contribution in [0.4, 0.5) is 4.79 Å². The number of alkyl carbamates (subject to hydrolysis) is 1. The third-order valence-corrected chi connectivity index (χ3v) is 6.51. The van der Waals surface area contributed by atoms with Crippen LogP contribution in [0, 0.1) is 11.8 Å². The molecule has 0 aliphatic carbocycles. The van der Waals surface area contributed by atoms with Crippen molar-refractivity contribution < 1.29 is 43.3 Å². The zero-order valence-corrected chi connectivity index (χ0v) is 26.6. The first-order valence-corrected chi connectivity index (χ1v) is 14.8. The first kappa shape index (κ1) is 37.3. The smallest absolute Gasteiger partial charge is 0.407 e. The van der Waals surface area contributed by atoms with Crippen molar-refractivity contribution in [2.24, 2.45) is 11.8 Å². The molecule has 0 heterocycles. The fraction of sp³-hybridized carbons (Fsp3) is 0.621. The average molecular weight is 627 g/mol. The van der Waals surface area contributed by atoms with Crippen molar-refractivity contribution in [3.63, 3.8) is 0 Å². The number of carboxylic acids is 1. The van der Waals surface area contributed by atoms with Crippen LogP contribution < -0.4 is 30.7 Å². The first-order valence-electron chi connectivity index (χ1n) is 14.2. The number of carbonyl (C=O) groups excluding carboxylic acids is 4. The molecule has 1 rings (SSSR count). The van der Waals surface area contributed by atoms with E-state index in [0.717, 1.165) is 5.56 Å². The number of ether oxygens (including phenoxy) is 3. The van der Waals surface area contributed by atoms with Gasteiger partial charge < -0.3 is 40.6 Å². The zero-order chi connectivity index (χ0) is 32.5. The molecule has 0 aliphatic rings. The van der Waals surface area contributed by atoms with E-state index in [1.807, 2.05) is 33.8 Å². The first-order chi connectivity index (χ1) is 20.3. The molecule has 1 aromatic carbocycles. The predicted octanol–water partition coefficient (Wildman–Crippen LogP) is 1.92.